The van der Waals surface area contributed by atoms with Crippen LogP contribution in [0.15, 0.2) is 23.3 Å². The van der Waals surface area contributed by atoms with Crippen LogP contribution in [0, 0.1) is 10.1 Å². The van der Waals surface area contributed by atoms with Gasteiger partial charge in [0.1, 0.15) is 0 Å². The number of fused-ring (bicyclic) bond motifs is 1. The topological polar surface area (TPSA) is 115 Å². The second-order valence-corrected chi connectivity index (χ2v) is 4.36. The highest BCUT2D eigenvalue weighted by molar-refractivity contribution is 5.81. The van der Waals surface area contributed by atoms with Crippen LogP contribution in [0.25, 0.3) is 10.9 Å². The highest BCUT2D eigenvalue weighted by atomic mass is 16.6. The van der Waals surface area contributed by atoms with Crippen molar-refractivity contribution in [1.29, 1.82) is 0 Å². The van der Waals surface area contributed by atoms with Crippen molar-refractivity contribution in [2.45, 2.75) is 25.8 Å². The third kappa shape index (κ3) is 2.60. The predicted molar refractivity (Wildman–Crippen MR) is 71.0 cm³/mol. The van der Waals surface area contributed by atoms with Crippen LogP contribution in [0.3, 0.4) is 0 Å². The Hall–Kier alpha value is -2.28. The third-order valence-corrected chi connectivity index (χ3v) is 3.04. The second-order valence-electron chi connectivity index (χ2n) is 4.36. The van der Waals surface area contributed by atoms with Crippen LogP contribution in [0.1, 0.15) is 18.9 Å². The molecule has 19 heavy (non-hydrogen) atoms. The number of nitro benzene ring substituents is 1. The second kappa shape index (κ2) is 5.15. The average molecular weight is 262 g/mol. The van der Waals surface area contributed by atoms with Gasteiger partial charge in [0.2, 0.25) is 0 Å². The summed E-state index contributed by atoms with van der Waals surface area (Å²) in [5.74, 6) is 0. The molecule has 1 unspecified atom stereocenters. The number of hydrogen-bond donors (Lipinski definition) is 2. The van der Waals surface area contributed by atoms with E-state index in [0.29, 0.717) is 17.5 Å². The number of nitrogens with zero attached hydrogens (tertiary/aromatic N) is 2. The van der Waals surface area contributed by atoms with Crippen LogP contribution in [0.5, 0.6) is 0 Å². The molecule has 2 aromatic rings. The number of hydrogen-bond acceptors (Lipinski definition) is 5. The van der Waals surface area contributed by atoms with Crippen molar-refractivity contribution in [3.05, 3.63) is 44.5 Å². The zero-order valence-electron chi connectivity index (χ0n) is 10.4. The van der Waals surface area contributed by atoms with Crippen LogP contribution in [-0.2, 0) is 6.42 Å². The lowest BCUT2D eigenvalue weighted by molar-refractivity contribution is -0.385. The molecular weight excluding hydrogens is 248 g/mol. The van der Waals surface area contributed by atoms with E-state index in [0.717, 1.165) is 6.42 Å². The van der Waals surface area contributed by atoms with E-state index >= 15 is 0 Å². The Bertz CT molecular complexity index is 680. The maximum absolute atomic E-state index is 11.6. The van der Waals surface area contributed by atoms with Gasteiger partial charge in [-0.1, -0.05) is 6.92 Å². The van der Waals surface area contributed by atoms with Gasteiger partial charge >= 0.3 is 0 Å². The van der Waals surface area contributed by atoms with Crippen LogP contribution in [0.4, 0.5) is 5.69 Å². The number of H-pyrrole nitrogens is 1. The maximum Gasteiger partial charge on any atom is 0.273 e. The minimum Gasteiger partial charge on any atom is -0.327 e. The molecule has 3 N–H and O–H groups in total. The SMILES string of the molecule is CCC(N)Cc1cc2nc[nH]c(=O)c2cc1[N+](=O)[O-]. The summed E-state index contributed by atoms with van der Waals surface area (Å²) >= 11 is 0. The summed E-state index contributed by atoms with van der Waals surface area (Å²) in [7, 11) is 0. The third-order valence-electron chi connectivity index (χ3n) is 3.04. The summed E-state index contributed by atoms with van der Waals surface area (Å²) < 4.78 is 0. The van der Waals surface area contributed by atoms with E-state index in [1.54, 1.807) is 6.07 Å². The Morgan fingerprint density at radius 3 is 2.89 bits per heavy atom. The van der Waals surface area contributed by atoms with Crippen LogP contribution in [0.2, 0.25) is 0 Å². The number of benzene rings is 1. The maximum atomic E-state index is 11.6. The van der Waals surface area contributed by atoms with Gasteiger partial charge in [0.25, 0.3) is 11.2 Å². The molecule has 7 heteroatoms. The molecule has 1 heterocycles. The highest BCUT2D eigenvalue weighted by Crippen LogP contribution is 2.24. The summed E-state index contributed by atoms with van der Waals surface area (Å²) in [6.07, 6.45) is 2.38. The van der Waals surface area contributed by atoms with E-state index in [1.807, 2.05) is 6.92 Å². The van der Waals surface area contributed by atoms with Gasteiger partial charge in [-0.2, -0.15) is 0 Å². The standard InChI is InChI=1S/C12H14N4O3/c1-2-8(13)3-7-4-10-9(5-11(7)16(18)19)12(17)15-6-14-10/h4-6,8H,2-3,13H2,1H3,(H,14,15,17). The van der Waals surface area contributed by atoms with Gasteiger partial charge in [-0.15, -0.1) is 0 Å². The molecular formula is C12H14N4O3. The fourth-order valence-electron chi connectivity index (χ4n) is 1.91. The Morgan fingerprint density at radius 2 is 2.26 bits per heavy atom. The first-order valence-electron chi connectivity index (χ1n) is 5.93. The van der Waals surface area contributed by atoms with Crippen LogP contribution >= 0.6 is 0 Å². The number of nitrogens with one attached hydrogen (secondary N) is 1. The molecule has 0 saturated heterocycles. The normalized spacial score (nSPS) is 12.5. The van der Waals surface area contributed by atoms with Gasteiger partial charge in [-0.05, 0) is 18.9 Å². The van der Waals surface area contributed by atoms with E-state index in [1.165, 1.54) is 12.4 Å². The molecule has 0 spiro atoms. The minimum absolute atomic E-state index is 0.0881. The Labute approximate surface area is 108 Å². The van der Waals surface area contributed by atoms with Crippen molar-refractivity contribution in [2.24, 2.45) is 5.73 Å². The molecule has 0 aliphatic carbocycles. The molecule has 1 atom stereocenters. The number of nitrogens with two attached hydrogens (primary N) is 1. The highest BCUT2D eigenvalue weighted by Gasteiger charge is 2.18. The molecule has 100 valence electrons. The molecule has 0 saturated carbocycles. The lowest BCUT2D eigenvalue weighted by Gasteiger charge is -2.09. The Kier molecular flexibility index (Phi) is 3.57. The average Bonchev–Trinajstić information content (AvgIpc) is 2.38. The summed E-state index contributed by atoms with van der Waals surface area (Å²) in [5, 5.41) is 11.3. The molecule has 1 aromatic carbocycles. The van der Waals surface area contributed by atoms with Crippen molar-refractivity contribution in [3.8, 4) is 0 Å². The van der Waals surface area contributed by atoms with Crippen LogP contribution in [-0.4, -0.2) is 20.9 Å². The first-order valence-corrected chi connectivity index (χ1v) is 5.93. The Balaban J connectivity index is 2.64. The van der Waals surface area contributed by atoms with Crippen LogP contribution < -0.4 is 11.3 Å². The summed E-state index contributed by atoms with van der Waals surface area (Å²) in [4.78, 5) is 28.6. The van der Waals surface area contributed by atoms with Gasteiger partial charge in [-0.3, -0.25) is 14.9 Å². The van der Waals surface area contributed by atoms with Gasteiger partial charge in [0.15, 0.2) is 0 Å². The number of aromatic amines is 1. The van der Waals surface area contributed by atoms with Gasteiger partial charge in [0.05, 0.1) is 22.2 Å². The molecule has 0 amide bonds. The van der Waals surface area contributed by atoms with Crippen molar-refractivity contribution in [2.75, 3.05) is 0 Å². The molecule has 0 bridgehead atoms. The smallest absolute Gasteiger partial charge is 0.273 e. The van der Waals surface area contributed by atoms with E-state index in [-0.39, 0.29) is 22.7 Å². The number of aromatic nitrogens is 2. The molecule has 2 rings (SSSR count). The molecule has 0 aliphatic heterocycles. The molecule has 1 aromatic heterocycles. The first kappa shape index (κ1) is 13.2. The van der Waals surface area contributed by atoms with Crippen molar-refractivity contribution >= 4 is 16.6 Å². The van der Waals surface area contributed by atoms with E-state index in [9.17, 15) is 14.9 Å². The van der Waals surface area contributed by atoms with Crippen molar-refractivity contribution in [1.82, 2.24) is 9.97 Å². The summed E-state index contributed by atoms with van der Waals surface area (Å²) in [6.45, 7) is 1.92. The van der Waals surface area contributed by atoms with Crippen molar-refractivity contribution < 1.29 is 4.92 Å². The van der Waals surface area contributed by atoms with Gasteiger partial charge in [0, 0.05) is 17.7 Å². The largest absolute Gasteiger partial charge is 0.327 e. The summed E-state index contributed by atoms with van der Waals surface area (Å²) in [6, 6.07) is 2.68. The summed E-state index contributed by atoms with van der Waals surface area (Å²) in [5.41, 5.74) is 6.30. The van der Waals surface area contributed by atoms with Crippen molar-refractivity contribution in [3.63, 3.8) is 0 Å². The molecule has 0 aliphatic rings. The zero-order valence-corrected chi connectivity index (χ0v) is 10.4. The fourth-order valence-corrected chi connectivity index (χ4v) is 1.91. The molecule has 7 nitrogen and oxygen atoms in total. The lowest BCUT2D eigenvalue weighted by Crippen LogP contribution is -2.22. The number of nitro groups is 1. The monoisotopic (exact) mass is 262 g/mol. The number of rotatable bonds is 4. The first-order chi connectivity index (χ1) is 9.02. The molecule has 0 fully saturated rings. The quantitative estimate of drug-likeness (QED) is 0.632. The molecule has 0 radical (unpaired) electrons. The zero-order chi connectivity index (χ0) is 14.0. The fraction of sp³-hybridized carbons (Fsp3) is 0.333. The predicted octanol–water partition coefficient (Wildman–Crippen LogP) is 1.11. The lowest BCUT2D eigenvalue weighted by atomic mass is 10.0. The minimum atomic E-state index is -0.496. The van der Waals surface area contributed by atoms with E-state index in [2.05, 4.69) is 9.97 Å². The van der Waals surface area contributed by atoms with E-state index in [4.69, 9.17) is 5.73 Å². The van der Waals surface area contributed by atoms with Gasteiger partial charge < -0.3 is 10.7 Å². The Morgan fingerprint density at radius 1 is 1.53 bits per heavy atom. The van der Waals surface area contributed by atoms with E-state index < -0.39 is 4.92 Å². The van der Waals surface area contributed by atoms with Gasteiger partial charge in [-0.25, -0.2) is 4.98 Å².